The van der Waals surface area contributed by atoms with Gasteiger partial charge in [-0.1, -0.05) is 39.1 Å². The minimum Gasteiger partial charge on any atom is -0.371 e. The summed E-state index contributed by atoms with van der Waals surface area (Å²) in [6, 6.07) is 2.72. The zero-order chi connectivity index (χ0) is 13.4. The molecular weight excluding hydrogens is 343 g/mol. The second-order valence-corrected chi connectivity index (χ2v) is 5.67. The molecule has 0 saturated carbocycles. The smallest absolute Gasteiger partial charge is 0.251 e. The summed E-state index contributed by atoms with van der Waals surface area (Å²) in [6.07, 6.45) is 0.109. The number of halogens is 3. The molecule has 1 N–H and O–H groups in total. The molecule has 1 fully saturated rings. The average Bonchev–Trinajstić information content (AvgIpc) is 2.51. The second-order valence-electron chi connectivity index (χ2n) is 3.94. The Labute approximate surface area is 122 Å². The highest BCUT2D eigenvalue weighted by molar-refractivity contribution is 9.10. The molecule has 96 valence electrons. The van der Waals surface area contributed by atoms with Gasteiger partial charge < -0.3 is 5.32 Å². The van der Waals surface area contributed by atoms with Crippen LogP contribution in [0, 0.1) is 0 Å². The number of likely N-dealkylation sites (tertiary alicyclic amines) is 1. The summed E-state index contributed by atoms with van der Waals surface area (Å²) < 4.78 is 0.744. The summed E-state index contributed by atoms with van der Waals surface area (Å²) in [6.45, 7) is 0. The van der Waals surface area contributed by atoms with E-state index in [4.69, 9.17) is 23.2 Å². The largest absolute Gasteiger partial charge is 0.371 e. The Morgan fingerprint density at radius 3 is 2.33 bits per heavy atom. The quantitative estimate of drug-likeness (QED) is 0.833. The van der Waals surface area contributed by atoms with Crippen molar-refractivity contribution in [2.45, 2.75) is 12.5 Å². The summed E-state index contributed by atoms with van der Waals surface area (Å²) in [7, 11) is 1.46. The third-order valence-electron chi connectivity index (χ3n) is 2.71. The van der Waals surface area contributed by atoms with Crippen molar-refractivity contribution in [1.29, 1.82) is 0 Å². The Bertz CT molecular complexity index is 513. The molecule has 1 aliphatic rings. The van der Waals surface area contributed by atoms with Gasteiger partial charge in [-0.05, 0) is 12.1 Å². The van der Waals surface area contributed by atoms with Gasteiger partial charge >= 0.3 is 0 Å². The summed E-state index contributed by atoms with van der Waals surface area (Å²) in [4.78, 5) is 24.3. The molecule has 4 nitrogen and oxygen atoms in total. The monoisotopic (exact) mass is 350 g/mol. The number of carbonyl (C=O) groups is 2. The van der Waals surface area contributed by atoms with Gasteiger partial charge in [0.15, 0.2) is 0 Å². The lowest BCUT2D eigenvalue weighted by Gasteiger charge is -2.15. The van der Waals surface area contributed by atoms with Crippen LogP contribution in [0.1, 0.15) is 6.42 Å². The molecule has 1 unspecified atom stereocenters. The number of hydrogen-bond acceptors (Lipinski definition) is 3. The minimum absolute atomic E-state index is 0.109. The van der Waals surface area contributed by atoms with Crippen LogP contribution >= 0.6 is 39.1 Å². The van der Waals surface area contributed by atoms with E-state index >= 15 is 0 Å². The van der Waals surface area contributed by atoms with Crippen molar-refractivity contribution in [3.8, 4) is 0 Å². The van der Waals surface area contributed by atoms with Gasteiger partial charge in [0.25, 0.3) is 5.91 Å². The van der Waals surface area contributed by atoms with E-state index in [9.17, 15) is 9.59 Å². The van der Waals surface area contributed by atoms with Gasteiger partial charge in [0.2, 0.25) is 5.91 Å². The SMILES string of the molecule is CN1C(=O)CC(Nc2c(Cl)cc(Br)cc2Cl)C1=O. The number of amides is 2. The first-order valence-corrected chi connectivity index (χ1v) is 6.66. The lowest BCUT2D eigenvalue weighted by Crippen LogP contribution is -2.31. The first-order chi connectivity index (χ1) is 8.40. The number of likely N-dealkylation sites (N-methyl/N-ethyl adjacent to an activating group) is 1. The molecule has 0 spiro atoms. The Morgan fingerprint density at radius 2 is 1.89 bits per heavy atom. The van der Waals surface area contributed by atoms with Gasteiger partial charge in [0.05, 0.1) is 22.2 Å². The average molecular weight is 352 g/mol. The van der Waals surface area contributed by atoms with Crippen LogP contribution in [0.15, 0.2) is 16.6 Å². The van der Waals surface area contributed by atoms with E-state index in [0.29, 0.717) is 15.7 Å². The third-order valence-corrected chi connectivity index (χ3v) is 3.76. The summed E-state index contributed by atoms with van der Waals surface area (Å²) >= 11 is 15.4. The van der Waals surface area contributed by atoms with Crippen molar-refractivity contribution >= 4 is 56.6 Å². The van der Waals surface area contributed by atoms with Crippen LogP contribution in [0.5, 0.6) is 0 Å². The van der Waals surface area contributed by atoms with Crippen molar-refractivity contribution in [3.63, 3.8) is 0 Å². The van der Waals surface area contributed by atoms with Gasteiger partial charge in [0.1, 0.15) is 6.04 Å². The van der Waals surface area contributed by atoms with Crippen molar-refractivity contribution in [3.05, 3.63) is 26.7 Å². The van der Waals surface area contributed by atoms with Crippen LogP contribution in [0.4, 0.5) is 5.69 Å². The van der Waals surface area contributed by atoms with Crippen LogP contribution in [0.2, 0.25) is 10.0 Å². The molecule has 1 atom stereocenters. The van der Waals surface area contributed by atoms with E-state index in [1.165, 1.54) is 7.05 Å². The number of anilines is 1. The number of nitrogens with zero attached hydrogens (tertiary/aromatic N) is 1. The van der Waals surface area contributed by atoms with Crippen LogP contribution in [-0.4, -0.2) is 29.8 Å². The lowest BCUT2D eigenvalue weighted by molar-refractivity contribution is -0.136. The van der Waals surface area contributed by atoms with E-state index in [-0.39, 0.29) is 18.2 Å². The number of hydrogen-bond donors (Lipinski definition) is 1. The van der Waals surface area contributed by atoms with E-state index < -0.39 is 6.04 Å². The molecular formula is C11H9BrCl2N2O2. The standard InChI is InChI=1S/C11H9BrCl2N2O2/c1-16-9(17)4-8(11(16)18)15-10-6(13)2-5(12)3-7(10)14/h2-3,8,15H,4H2,1H3. The Kier molecular flexibility index (Phi) is 3.84. The van der Waals surface area contributed by atoms with Crippen LogP contribution < -0.4 is 5.32 Å². The maximum Gasteiger partial charge on any atom is 0.251 e. The predicted molar refractivity (Wildman–Crippen MR) is 74.0 cm³/mol. The Balaban J connectivity index is 2.26. The lowest BCUT2D eigenvalue weighted by atomic mass is 10.2. The number of rotatable bonds is 2. The van der Waals surface area contributed by atoms with Crippen molar-refractivity contribution in [1.82, 2.24) is 4.90 Å². The number of carbonyl (C=O) groups excluding carboxylic acids is 2. The van der Waals surface area contributed by atoms with Gasteiger partial charge in [0, 0.05) is 11.5 Å². The van der Waals surface area contributed by atoms with Crippen molar-refractivity contribution < 1.29 is 9.59 Å². The van der Waals surface area contributed by atoms with Gasteiger partial charge in [-0.3, -0.25) is 14.5 Å². The molecule has 7 heteroatoms. The van der Waals surface area contributed by atoms with Crippen LogP contribution in [-0.2, 0) is 9.59 Å². The van der Waals surface area contributed by atoms with Crippen molar-refractivity contribution in [2.75, 3.05) is 12.4 Å². The molecule has 0 aromatic heterocycles. The molecule has 1 aromatic carbocycles. The first kappa shape index (κ1) is 13.6. The Hall–Kier alpha value is -0.780. The van der Waals surface area contributed by atoms with Gasteiger partial charge in [-0.25, -0.2) is 0 Å². The fraction of sp³-hybridized carbons (Fsp3) is 0.273. The van der Waals surface area contributed by atoms with E-state index in [0.717, 1.165) is 9.37 Å². The van der Waals surface area contributed by atoms with Gasteiger partial charge in [-0.15, -0.1) is 0 Å². The predicted octanol–water partition coefficient (Wildman–Crippen LogP) is 2.93. The first-order valence-electron chi connectivity index (χ1n) is 5.11. The zero-order valence-electron chi connectivity index (χ0n) is 9.34. The molecule has 0 bridgehead atoms. The molecule has 0 aliphatic carbocycles. The molecule has 18 heavy (non-hydrogen) atoms. The van der Waals surface area contributed by atoms with Crippen LogP contribution in [0.3, 0.4) is 0 Å². The second kappa shape index (κ2) is 5.07. The molecule has 0 radical (unpaired) electrons. The van der Waals surface area contributed by atoms with E-state index in [1.54, 1.807) is 12.1 Å². The molecule has 1 heterocycles. The fourth-order valence-electron chi connectivity index (χ4n) is 1.72. The number of nitrogens with one attached hydrogen (secondary N) is 1. The summed E-state index contributed by atoms with van der Waals surface area (Å²) in [5.74, 6) is -0.503. The molecule has 2 amide bonds. The molecule has 1 saturated heterocycles. The third kappa shape index (κ3) is 2.48. The number of benzene rings is 1. The summed E-state index contributed by atoms with van der Waals surface area (Å²) in [5.41, 5.74) is 0.461. The highest BCUT2D eigenvalue weighted by Crippen LogP contribution is 2.35. The molecule has 2 rings (SSSR count). The topological polar surface area (TPSA) is 49.4 Å². The number of imide groups is 1. The molecule has 1 aliphatic heterocycles. The normalized spacial score (nSPS) is 19.6. The fourth-order valence-corrected chi connectivity index (χ4v) is 3.04. The molecule has 1 aromatic rings. The van der Waals surface area contributed by atoms with Gasteiger partial charge in [-0.2, -0.15) is 0 Å². The van der Waals surface area contributed by atoms with Crippen LogP contribution in [0.25, 0.3) is 0 Å². The summed E-state index contributed by atoms with van der Waals surface area (Å²) in [5, 5.41) is 3.70. The van der Waals surface area contributed by atoms with E-state index in [1.807, 2.05) is 0 Å². The highest BCUT2D eigenvalue weighted by atomic mass is 79.9. The van der Waals surface area contributed by atoms with E-state index in [2.05, 4.69) is 21.2 Å². The zero-order valence-corrected chi connectivity index (χ0v) is 12.4. The maximum atomic E-state index is 11.8. The Morgan fingerprint density at radius 1 is 1.33 bits per heavy atom. The highest BCUT2D eigenvalue weighted by Gasteiger charge is 2.36. The van der Waals surface area contributed by atoms with Crippen molar-refractivity contribution in [2.24, 2.45) is 0 Å². The maximum absolute atomic E-state index is 11.8. The minimum atomic E-state index is -0.612.